The van der Waals surface area contributed by atoms with Crippen LogP contribution in [0.5, 0.6) is 0 Å². The SMILES string of the molecule is CCn1c(C)cc(C(=O)NC(C)(C)CN)c1C. The predicted octanol–water partition coefficient (Wildman–Crippen LogP) is 1.59. The van der Waals surface area contributed by atoms with Crippen LogP contribution < -0.4 is 11.1 Å². The lowest BCUT2D eigenvalue weighted by molar-refractivity contribution is 0.0915. The first-order valence-electron chi connectivity index (χ1n) is 6.01. The maximum Gasteiger partial charge on any atom is 0.253 e. The molecule has 1 heterocycles. The van der Waals surface area contributed by atoms with E-state index in [1.54, 1.807) is 0 Å². The first-order chi connectivity index (χ1) is 7.82. The molecule has 0 aliphatic carbocycles. The van der Waals surface area contributed by atoms with E-state index in [9.17, 15) is 4.79 Å². The Morgan fingerprint density at radius 1 is 1.47 bits per heavy atom. The average Bonchev–Trinajstić information content (AvgIpc) is 2.53. The van der Waals surface area contributed by atoms with Gasteiger partial charge in [-0.1, -0.05) is 0 Å². The number of aryl methyl sites for hydroxylation is 1. The Labute approximate surface area is 103 Å². The van der Waals surface area contributed by atoms with Gasteiger partial charge in [-0.15, -0.1) is 0 Å². The lowest BCUT2D eigenvalue weighted by Crippen LogP contribution is -2.48. The molecule has 0 fully saturated rings. The van der Waals surface area contributed by atoms with Gasteiger partial charge in [0.25, 0.3) is 5.91 Å². The van der Waals surface area contributed by atoms with Gasteiger partial charge in [-0.3, -0.25) is 4.79 Å². The van der Waals surface area contributed by atoms with Crippen LogP contribution in [0.4, 0.5) is 0 Å². The topological polar surface area (TPSA) is 60.0 Å². The van der Waals surface area contributed by atoms with Gasteiger partial charge in [-0.2, -0.15) is 0 Å². The van der Waals surface area contributed by atoms with Gasteiger partial charge in [-0.25, -0.2) is 0 Å². The van der Waals surface area contributed by atoms with Gasteiger partial charge in [0.1, 0.15) is 0 Å². The molecule has 0 radical (unpaired) electrons. The van der Waals surface area contributed by atoms with Crippen molar-refractivity contribution in [3.8, 4) is 0 Å². The highest BCUT2D eigenvalue weighted by Crippen LogP contribution is 2.15. The number of nitrogens with two attached hydrogens (primary N) is 1. The van der Waals surface area contributed by atoms with Crippen molar-refractivity contribution < 1.29 is 4.79 Å². The summed E-state index contributed by atoms with van der Waals surface area (Å²) in [5, 5.41) is 2.95. The summed E-state index contributed by atoms with van der Waals surface area (Å²) >= 11 is 0. The van der Waals surface area contributed by atoms with Gasteiger partial charge >= 0.3 is 0 Å². The summed E-state index contributed by atoms with van der Waals surface area (Å²) in [5.41, 5.74) is 8.11. The fourth-order valence-corrected chi connectivity index (χ4v) is 1.94. The molecule has 0 atom stereocenters. The van der Waals surface area contributed by atoms with Crippen molar-refractivity contribution in [2.24, 2.45) is 5.73 Å². The fraction of sp³-hybridized carbons (Fsp3) is 0.615. The second kappa shape index (κ2) is 4.92. The van der Waals surface area contributed by atoms with Crippen LogP contribution in [-0.2, 0) is 6.54 Å². The van der Waals surface area contributed by atoms with Crippen LogP contribution in [0, 0.1) is 13.8 Å². The number of nitrogens with one attached hydrogen (secondary N) is 1. The summed E-state index contributed by atoms with van der Waals surface area (Å²) < 4.78 is 2.13. The minimum atomic E-state index is -0.369. The average molecular weight is 237 g/mol. The highest BCUT2D eigenvalue weighted by molar-refractivity contribution is 5.96. The van der Waals surface area contributed by atoms with Crippen molar-refractivity contribution in [3.63, 3.8) is 0 Å². The Bertz CT molecular complexity index is 419. The number of aromatic nitrogens is 1. The Kier molecular flexibility index (Phi) is 3.98. The Morgan fingerprint density at radius 3 is 2.47 bits per heavy atom. The maximum absolute atomic E-state index is 12.1. The first kappa shape index (κ1) is 13.8. The zero-order valence-electron chi connectivity index (χ0n) is 11.4. The molecule has 0 bridgehead atoms. The molecule has 0 unspecified atom stereocenters. The molecule has 1 aromatic heterocycles. The number of amides is 1. The first-order valence-corrected chi connectivity index (χ1v) is 6.01. The quantitative estimate of drug-likeness (QED) is 0.835. The smallest absolute Gasteiger partial charge is 0.253 e. The monoisotopic (exact) mass is 237 g/mol. The zero-order valence-corrected chi connectivity index (χ0v) is 11.4. The van der Waals surface area contributed by atoms with Crippen LogP contribution in [0.1, 0.15) is 42.5 Å². The number of carbonyl (C=O) groups excluding carboxylic acids is 1. The van der Waals surface area contributed by atoms with Crippen molar-refractivity contribution >= 4 is 5.91 Å². The van der Waals surface area contributed by atoms with Crippen LogP contribution >= 0.6 is 0 Å². The maximum atomic E-state index is 12.1. The molecule has 1 amide bonds. The van der Waals surface area contributed by atoms with Crippen molar-refractivity contribution in [3.05, 3.63) is 23.0 Å². The third kappa shape index (κ3) is 2.88. The van der Waals surface area contributed by atoms with Gasteiger partial charge in [0, 0.05) is 30.0 Å². The second-order valence-electron chi connectivity index (χ2n) is 5.07. The molecule has 0 aromatic carbocycles. The summed E-state index contributed by atoms with van der Waals surface area (Å²) in [4.78, 5) is 12.1. The van der Waals surface area contributed by atoms with Crippen molar-refractivity contribution in [2.45, 2.75) is 46.7 Å². The summed E-state index contributed by atoms with van der Waals surface area (Å²) in [6.45, 7) is 11.2. The molecular weight excluding hydrogens is 214 g/mol. The predicted molar refractivity (Wildman–Crippen MR) is 70.2 cm³/mol. The second-order valence-corrected chi connectivity index (χ2v) is 5.07. The van der Waals surface area contributed by atoms with E-state index in [1.165, 1.54) is 0 Å². The molecule has 4 nitrogen and oxygen atoms in total. The van der Waals surface area contributed by atoms with Crippen LogP contribution in [0.3, 0.4) is 0 Å². The minimum absolute atomic E-state index is 0.0479. The lowest BCUT2D eigenvalue weighted by atomic mass is 10.1. The molecule has 1 rings (SSSR count). The fourth-order valence-electron chi connectivity index (χ4n) is 1.94. The molecule has 0 aliphatic heterocycles. The van der Waals surface area contributed by atoms with Crippen LogP contribution in [0.25, 0.3) is 0 Å². The Hall–Kier alpha value is -1.29. The van der Waals surface area contributed by atoms with Crippen LogP contribution in [0.15, 0.2) is 6.07 Å². The molecule has 0 spiro atoms. The number of nitrogens with zero attached hydrogens (tertiary/aromatic N) is 1. The number of hydrogen-bond acceptors (Lipinski definition) is 2. The summed E-state index contributed by atoms with van der Waals surface area (Å²) in [7, 11) is 0. The van der Waals surface area contributed by atoms with E-state index in [1.807, 2.05) is 33.8 Å². The number of carbonyl (C=O) groups is 1. The van der Waals surface area contributed by atoms with Crippen molar-refractivity contribution in [1.29, 1.82) is 0 Å². The van der Waals surface area contributed by atoms with E-state index >= 15 is 0 Å². The largest absolute Gasteiger partial charge is 0.349 e. The minimum Gasteiger partial charge on any atom is -0.349 e. The number of rotatable bonds is 4. The summed E-state index contributed by atoms with van der Waals surface area (Å²) in [5.74, 6) is -0.0479. The van der Waals surface area contributed by atoms with E-state index in [0.29, 0.717) is 6.54 Å². The molecule has 96 valence electrons. The molecule has 4 heteroatoms. The summed E-state index contributed by atoms with van der Waals surface area (Å²) in [6, 6.07) is 1.93. The molecule has 0 saturated heterocycles. The Balaban J connectivity index is 2.98. The third-order valence-corrected chi connectivity index (χ3v) is 3.10. The zero-order chi connectivity index (χ0) is 13.2. The van der Waals surface area contributed by atoms with Crippen LogP contribution in [0.2, 0.25) is 0 Å². The normalized spacial score (nSPS) is 11.6. The highest BCUT2D eigenvalue weighted by atomic mass is 16.1. The van der Waals surface area contributed by atoms with E-state index in [2.05, 4.69) is 16.8 Å². The molecular formula is C13H23N3O. The highest BCUT2D eigenvalue weighted by Gasteiger charge is 2.22. The Morgan fingerprint density at radius 2 is 2.06 bits per heavy atom. The third-order valence-electron chi connectivity index (χ3n) is 3.10. The molecule has 1 aromatic rings. The summed E-state index contributed by atoms with van der Waals surface area (Å²) in [6.07, 6.45) is 0. The van der Waals surface area contributed by atoms with Crippen molar-refractivity contribution in [2.75, 3.05) is 6.54 Å². The van der Waals surface area contributed by atoms with E-state index in [0.717, 1.165) is 23.5 Å². The molecule has 0 saturated carbocycles. The van der Waals surface area contributed by atoms with Gasteiger partial charge in [0.2, 0.25) is 0 Å². The molecule has 3 N–H and O–H groups in total. The molecule has 0 aliphatic rings. The van der Waals surface area contributed by atoms with E-state index in [-0.39, 0.29) is 11.4 Å². The lowest BCUT2D eigenvalue weighted by Gasteiger charge is -2.24. The van der Waals surface area contributed by atoms with Gasteiger partial charge in [0.05, 0.1) is 5.56 Å². The van der Waals surface area contributed by atoms with Gasteiger partial charge < -0.3 is 15.6 Å². The number of hydrogen-bond donors (Lipinski definition) is 2. The van der Waals surface area contributed by atoms with E-state index in [4.69, 9.17) is 5.73 Å². The van der Waals surface area contributed by atoms with Crippen molar-refractivity contribution in [1.82, 2.24) is 9.88 Å². The van der Waals surface area contributed by atoms with Gasteiger partial charge in [0.15, 0.2) is 0 Å². The van der Waals surface area contributed by atoms with Gasteiger partial charge in [-0.05, 0) is 40.7 Å². The van der Waals surface area contributed by atoms with Crippen LogP contribution in [-0.4, -0.2) is 22.6 Å². The standard InChI is InChI=1S/C13H23N3O/c1-6-16-9(2)7-11(10(16)3)12(17)15-13(4,5)8-14/h7H,6,8,14H2,1-5H3,(H,15,17). The molecule has 17 heavy (non-hydrogen) atoms. The van der Waals surface area contributed by atoms with E-state index < -0.39 is 0 Å².